The summed E-state index contributed by atoms with van der Waals surface area (Å²) in [7, 11) is 0. The monoisotopic (exact) mass is 434 g/mol. The number of rotatable bonds is 9. The SMILES string of the molecule is OCCC[C@H](Cc1cc(Cl)cc(Cl)c1)[C@H](CO)Cc1cc(Cl)cc(Cl)c1. The molecule has 0 amide bonds. The summed E-state index contributed by atoms with van der Waals surface area (Å²) in [4.78, 5) is 0. The Hall–Kier alpha value is -0.480. The first kappa shape index (κ1) is 21.8. The van der Waals surface area contributed by atoms with Gasteiger partial charge in [0, 0.05) is 33.3 Å². The molecule has 2 rings (SSSR count). The van der Waals surface area contributed by atoms with Crippen LogP contribution in [0.1, 0.15) is 24.0 Å². The molecule has 0 aliphatic carbocycles. The van der Waals surface area contributed by atoms with Gasteiger partial charge >= 0.3 is 0 Å². The van der Waals surface area contributed by atoms with Gasteiger partial charge in [-0.2, -0.15) is 0 Å². The molecular formula is C20H22Cl4O2. The Kier molecular flexibility index (Phi) is 9.02. The second-order valence-corrected chi connectivity index (χ2v) is 8.28. The minimum absolute atomic E-state index is 0.00819. The van der Waals surface area contributed by atoms with E-state index in [4.69, 9.17) is 46.4 Å². The molecule has 2 aromatic carbocycles. The Morgan fingerprint density at radius 1 is 0.654 bits per heavy atom. The van der Waals surface area contributed by atoms with Crippen molar-refractivity contribution in [2.45, 2.75) is 25.7 Å². The van der Waals surface area contributed by atoms with Crippen molar-refractivity contribution in [3.8, 4) is 0 Å². The highest BCUT2D eigenvalue weighted by molar-refractivity contribution is 6.35. The van der Waals surface area contributed by atoms with E-state index >= 15 is 0 Å². The maximum Gasteiger partial charge on any atom is 0.0465 e. The molecule has 2 N–H and O–H groups in total. The van der Waals surface area contributed by atoms with Crippen LogP contribution in [0.15, 0.2) is 36.4 Å². The van der Waals surface area contributed by atoms with Gasteiger partial charge in [-0.15, -0.1) is 0 Å². The minimum atomic E-state index is 0.00819. The second-order valence-electron chi connectivity index (χ2n) is 6.53. The van der Waals surface area contributed by atoms with E-state index in [0.29, 0.717) is 32.9 Å². The summed E-state index contributed by atoms with van der Waals surface area (Å²) < 4.78 is 0. The third-order valence-corrected chi connectivity index (χ3v) is 5.35. The van der Waals surface area contributed by atoms with Gasteiger partial charge in [0.25, 0.3) is 0 Å². The maximum atomic E-state index is 10.0. The molecule has 0 aliphatic rings. The first-order chi connectivity index (χ1) is 12.4. The fraction of sp³-hybridized carbons (Fsp3) is 0.400. The molecule has 0 heterocycles. The predicted molar refractivity (Wildman–Crippen MR) is 111 cm³/mol. The summed E-state index contributed by atoms with van der Waals surface area (Å²) in [6.45, 7) is 0.155. The largest absolute Gasteiger partial charge is 0.396 e. The Bertz CT molecular complexity index is 680. The lowest BCUT2D eigenvalue weighted by atomic mass is 9.80. The number of hydrogen-bond donors (Lipinski definition) is 2. The van der Waals surface area contributed by atoms with E-state index in [9.17, 15) is 10.2 Å². The van der Waals surface area contributed by atoms with Gasteiger partial charge in [-0.25, -0.2) is 0 Å². The van der Waals surface area contributed by atoms with Gasteiger partial charge in [-0.3, -0.25) is 0 Å². The number of aliphatic hydroxyl groups is 2. The lowest BCUT2D eigenvalue weighted by Gasteiger charge is -2.26. The molecule has 0 bridgehead atoms. The standard InChI is InChI=1S/C20H22Cl4O2/c21-17-6-13(7-18(22)10-17)4-15(2-1-3-25)16(12-26)5-14-8-19(23)11-20(24)9-14/h6-11,15-16,25-26H,1-5,12H2/t15-,16+/m1/s1. The van der Waals surface area contributed by atoms with Crippen LogP contribution in [0.2, 0.25) is 20.1 Å². The van der Waals surface area contributed by atoms with Crippen LogP contribution in [-0.2, 0) is 12.8 Å². The molecule has 0 saturated carbocycles. The van der Waals surface area contributed by atoms with Crippen LogP contribution < -0.4 is 0 Å². The zero-order valence-electron chi connectivity index (χ0n) is 14.3. The van der Waals surface area contributed by atoms with Crippen molar-refractivity contribution >= 4 is 46.4 Å². The van der Waals surface area contributed by atoms with Crippen molar-refractivity contribution in [2.24, 2.45) is 11.8 Å². The van der Waals surface area contributed by atoms with Crippen molar-refractivity contribution in [3.63, 3.8) is 0 Å². The third-order valence-electron chi connectivity index (χ3n) is 4.47. The quantitative estimate of drug-likeness (QED) is 0.500. The first-order valence-electron chi connectivity index (χ1n) is 8.53. The molecule has 26 heavy (non-hydrogen) atoms. The Morgan fingerprint density at radius 2 is 1.08 bits per heavy atom. The van der Waals surface area contributed by atoms with Crippen LogP contribution in [0.25, 0.3) is 0 Å². The lowest BCUT2D eigenvalue weighted by molar-refractivity contribution is 0.158. The molecule has 0 aliphatic heterocycles. The van der Waals surface area contributed by atoms with Crippen LogP contribution >= 0.6 is 46.4 Å². The Labute approximate surface area is 174 Å². The van der Waals surface area contributed by atoms with E-state index < -0.39 is 0 Å². The molecule has 0 saturated heterocycles. The number of halogens is 4. The molecule has 2 atom stereocenters. The summed E-state index contributed by atoms with van der Waals surface area (Å²) in [6.07, 6.45) is 2.84. The third kappa shape index (κ3) is 6.92. The average Bonchev–Trinajstić information content (AvgIpc) is 2.55. The van der Waals surface area contributed by atoms with E-state index in [2.05, 4.69) is 0 Å². The maximum absolute atomic E-state index is 10.0. The summed E-state index contributed by atoms with van der Waals surface area (Å²) in [6, 6.07) is 10.9. The minimum Gasteiger partial charge on any atom is -0.396 e. The van der Waals surface area contributed by atoms with E-state index in [-0.39, 0.29) is 25.0 Å². The molecule has 6 heteroatoms. The zero-order valence-corrected chi connectivity index (χ0v) is 17.3. The van der Waals surface area contributed by atoms with E-state index in [1.807, 2.05) is 24.3 Å². The highest BCUT2D eigenvalue weighted by Gasteiger charge is 2.22. The summed E-state index contributed by atoms with van der Waals surface area (Å²) >= 11 is 24.4. The van der Waals surface area contributed by atoms with Crippen LogP contribution in [-0.4, -0.2) is 23.4 Å². The lowest BCUT2D eigenvalue weighted by Crippen LogP contribution is -2.23. The molecule has 0 unspecified atom stereocenters. The average molecular weight is 436 g/mol. The van der Waals surface area contributed by atoms with Crippen LogP contribution in [0.4, 0.5) is 0 Å². The second kappa shape index (κ2) is 10.8. The van der Waals surface area contributed by atoms with Crippen molar-refractivity contribution in [3.05, 3.63) is 67.6 Å². The van der Waals surface area contributed by atoms with Crippen LogP contribution in [0, 0.1) is 11.8 Å². The van der Waals surface area contributed by atoms with Crippen molar-refractivity contribution in [1.29, 1.82) is 0 Å². The molecule has 0 radical (unpaired) electrons. The molecular weight excluding hydrogens is 414 g/mol. The van der Waals surface area contributed by atoms with Crippen LogP contribution in [0.5, 0.6) is 0 Å². The fourth-order valence-electron chi connectivity index (χ4n) is 3.30. The number of hydrogen-bond acceptors (Lipinski definition) is 2. The van der Waals surface area contributed by atoms with Gasteiger partial charge in [-0.05, 0) is 85.0 Å². The van der Waals surface area contributed by atoms with E-state index in [0.717, 1.165) is 24.0 Å². The summed E-state index contributed by atoms with van der Waals surface area (Å²) in [5.74, 6) is 0.174. The van der Waals surface area contributed by atoms with E-state index in [1.54, 1.807) is 12.1 Å². The smallest absolute Gasteiger partial charge is 0.0465 e. The highest BCUT2D eigenvalue weighted by atomic mass is 35.5. The van der Waals surface area contributed by atoms with Gasteiger partial charge in [0.2, 0.25) is 0 Å². The van der Waals surface area contributed by atoms with Gasteiger partial charge in [0.1, 0.15) is 0 Å². The van der Waals surface area contributed by atoms with Gasteiger partial charge in [0.15, 0.2) is 0 Å². The molecule has 0 aromatic heterocycles. The van der Waals surface area contributed by atoms with Crippen molar-refractivity contribution < 1.29 is 10.2 Å². The first-order valence-corrected chi connectivity index (χ1v) is 10.0. The van der Waals surface area contributed by atoms with Gasteiger partial charge < -0.3 is 10.2 Å². The van der Waals surface area contributed by atoms with Crippen molar-refractivity contribution in [1.82, 2.24) is 0 Å². The Balaban J connectivity index is 2.20. The predicted octanol–water partition coefficient (Wildman–Crippen LogP) is 6.08. The highest BCUT2D eigenvalue weighted by Crippen LogP contribution is 2.30. The zero-order chi connectivity index (χ0) is 19.1. The molecule has 0 fully saturated rings. The molecule has 2 aromatic rings. The molecule has 2 nitrogen and oxygen atoms in total. The Morgan fingerprint density at radius 3 is 1.46 bits per heavy atom. The van der Waals surface area contributed by atoms with Gasteiger partial charge in [0.05, 0.1) is 0 Å². The fourth-order valence-corrected chi connectivity index (χ4v) is 4.44. The summed E-state index contributed by atoms with van der Waals surface area (Å²) in [5.41, 5.74) is 2.01. The van der Waals surface area contributed by atoms with Gasteiger partial charge in [-0.1, -0.05) is 46.4 Å². The topological polar surface area (TPSA) is 40.5 Å². The number of benzene rings is 2. The normalized spacial score (nSPS) is 13.6. The molecule has 0 spiro atoms. The number of aliphatic hydroxyl groups excluding tert-OH is 2. The summed E-state index contributed by atoms with van der Waals surface area (Å²) in [5, 5.41) is 21.6. The van der Waals surface area contributed by atoms with E-state index in [1.165, 1.54) is 0 Å². The van der Waals surface area contributed by atoms with Crippen LogP contribution in [0.3, 0.4) is 0 Å². The molecule has 142 valence electrons. The van der Waals surface area contributed by atoms with Crippen molar-refractivity contribution in [2.75, 3.05) is 13.2 Å².